The summed E-state index contributed by atoms with van der Waals surface area (Å²) >= 11 is 6.16. The highest BCUT2D eigenvalue weighted by Gasteiger charge is 2.34. The van der Waals surface area contributed by atoms with Crippen molar-refractivity contribution in [1.29, 1.82) is 0 Å². The van der Waals surface area contributed by atoms with Crippen molar-refractivity contribution in [3.05, 3.63) is 106 Å². The number of hydrogen-bond acceptors (Lipinski definition) is 3. The number of benzene rings is 1. The molecule has 41 heavy (non-hydrogen) atoms. The van der Waals surface area contributed by atoms with Crippen molar-refractivity contribution in [2.45, 2.75) is 45.8 Å². The second-order valence-corrected chi connectivity index (χ2v) is 10.1. The second-order valence-electron chi connectivity index (χ2n) is 9.72. The van der Waals surface area contributed by atoms with E-state index in [1.165, 1.54) is 0 Å². The maximum absolute atomic E-state index is 15.0. The Kier molecular flexibility index (Phi) is 7.78. The summed E-state index contributed by atoms with van der Waals surface area (Å²) in [6, 6.07) is 8.25. The molecule has 1 aromatic carbocycles. The molecule has 0 spiro atoms. The van der Waals surface area contributed by atoms with Crippen LogP contribution in [0.4, 0.5) is 27.8 Å². The van der Waals surface area contributed by atoms with Gasteiger partial charge in [0.05, 0.1) is 33.4 Å². The van der Waals surface area contributed by atoms with Gasteiger partial charge in [0.2, 0.25) is 0 Å². The maximum atomic E-state index is 15.0. The lowest BCUT2D eigenvalue weighted by molar-refractivity contribution is -0.138. The van der Waals surface area contributed by atoms with Gasteiger partial charge in [-0.15, -0.1) is 0 Å². The van der Waals surface area contributed by atoms with Gasteiger partial charge < -0.3 is 9.88 Å². The van der Waals surface area contributed by atoms with Crippen molar-refractivity contribution < 1.29 is 22.0 Å². The zero-order valence-corrected chi connectivity index (χ0v) is 23.2. The number of anilines is 1. The minimum absolute atomic E-state index is 0.126. The van der Waals surface area contributed by atoms with Crippen LogP contribution in [0, 0.1) is 5.82 Å². The van der Waals surface area contributed by atoms with Crippen LogP contribution in [0.1, 0.15) is 58.7 Å². The van der Waals surface area contributed by atoms with Gasteiger partial charge in [-0.2, -0.15) is 18.3 Å². The third kappa shape index (κ3) is 5.16. The van der Waals surface area contributed by atoms with Gasteiger partial charge in [0, 0.05) is 48.6 Å². The third-order valence-electron chi connectivity index (χ3n) is 7.35. The molecule has 0 saturated heterocycles. The first-order valence-corrected chi connectivity index (χ1v) is 13.5. The summed E-state index contributed by atoms with van der Waals surface area (Å²) in [5.41, 5.74) is 5.35. The van der Waals surface area contributed by atoms with Crippen LogP contribution < -0.4 is 4.90 Å². The highest BCUT2D eigenvalue weighted by molar-refractivity contribution is 6.48. The average Bonchev–Trinajstić information content (AvgIpc) is 3.60. The lowest BCUT2D eigenvalue weighted by atomic mass is 9.96. The Balaban J connectivity index is 1.69. The second kappa shape index (κ2) is 11.2. The van der Waals surface area contributed by atoms with E-state index in [2.05, 4.69) is 16.5 Å². The van der Waals surface area contributed by atoms with Gasteiger partial charge in [-0.1, -0.05) is 50.2 Å². The molecule has 1 aliphatic rings. The summed E-state index contributed by atoms with van der Waals surface area (Å²) < 4.78 is 69.7. The molecule has 5 nitrogen and oxygen atoms in total. The SMILES string of the molecule is C=C(c1cc[nH]c1/C(Cl)=C\F)c1c2c(nn1-c1c(CC)cccc1CC)CCN(c1ncc(C(F)(F)F)cc1F)C2. The first-order chi connectivity index (χ1) is 19.6. The van der Waals surface area contributed by atoms with Crippen LogP contribution in [0.5, 0.6) is 0 Å². The van der Waals surface area contributed by atoms with Crippen LogP contribution in [0.3, 0.4) is 0 Å². The predicted molar refractivity (Wildman–Crippen MR) is 150 cm³/mol. The molecule has 0 saturated carbocycles. The number of fused-ring (bicyclic) bond motifs is 1. The standard InChI is InChI=1S/C30H27ClF5N5/c1-4-18-7-6-8-19(5-2)28(18)41-27(17(3)21-9-11-37-26(21)23(31)14-32)22-16-40(12-10-25(22)39-41)29-24(33)13-20(15-38-29)30(34,35)36/h6-9,11,13-15,37H,3-5,10,12,16H2,1-2H3/b23-14+. The van der Waals surface area contributed by atoms with Gasteiger partial charge in [0.1, 0.15) is 6.33 Å². The zero-order valence-electron chi connectivity index (χ0n) is 22.4. The van der Waals surface area contributed by atoms with E-state index in [1.807, 2.05) is 36.7 Å². The Morgan fingerprint density at radius 1 is 1.17 bits per heavy atom. The Morgan fingerprint density at radius 3 is 2.49 bits per heavy atom. The van der Waals surface area contributed by atoms with Crippen LogP contribution >= 0.6 is 11.6 Å². The monoisotopic (exact) mass is 587 g/mol. The normalized spacial score (nSPS) is 14.0. The Bertz CT molecular complexity index is 1630. The lowest BCUT2D eigenvalue weighted by Gasteiger charge is -2.28. The fourth-order valence-corrected chi connectivity index (χ4v) is 5.49. The molecule has 214 valence electrons. The van der Waals surface area contributed by atoms with Crippen molar-refractivity contribution in [3.63, 3.8) is 0 Å². The first-order valence-electron chi connectivity index (χ1n) is 13.1. The Hall–Kier alpha value is -3.92. The van der Waals surface area contributed by atoms with E-state index < -0.39 is 17.6 Å². The highest BCUT2D eigenvalue weighted by atomic mass is 35.5. The van der Waals surface area contributed by atoms with Crippen molar-refractivity contribution in [2.24, 2.45) is 0 Å². The Morgan fingerprint density at radius 2 is 1.88 bits per heavy atom. The predicted octanol–water partition coefficient (Wildman–Crippen LogP) is 8.01. The molecule has 0 aliphatic carbocycles. The summed E-state index contributed by atoms with van der Waals surface area (Å²) in [7, 11) is 0. The first kappa shape index (κ1) is 28.6. The van der Waals surface area contributed by atoms with Crippen molar-refractivity contribution >= 4 is 28.0 Å². The number of nitrogens with zero attached hydrogens (tertiary/aromatic N) is 4. The number of alkyl halides is 3. The number of para-hydroxylation sites is 1. The van der Waals surface area contributed by atoms with Crippen molar-refractivity contribution in [2.75, 3.05) is 11.4 Å². The number of rotatable bonds is 7. The van der Waals surface area contributed by atoms with Crippen LogP contribution in [0.15, 0.2) is 55.6 Å². The number of aryl methyl sites for hydroxylation is 2. The molecule has 3 aromatic heterocycles. The van der Waals surface area contributed by atoms with Crippen molar-refractivity contribution in [1.82, 2.24) is 19.7 Å². The maximum Gasteiger partial charge on any atom is 0.417 e. The average molecular weight is 588 g/mol. The van der Waals surface area contributed by atoms with Gasteiger partial charge in [-0.05, 0) is 36.1 Å². The molecule has 4 aromatic rings. The fourth-order valence-electron chi connectivity index (χ4n) is 5.33. The van der Waals surface area contributed by atoms with E-state index in [0.717, 1.165) is 40.9 Å². The number of hydrogen-bond donors (Lipinski definition) is 1. The molecule has 1 N–H and O–H groups in total. The van der Waals surface area contributed by atoms with Gasteiger partial charge in [-0.25, -0.2) is 18.4 Å². The van der Waals surface area contributed by atoms with E-state index >= 15 is 0 Å². The van der Waals surface area contributed by atoms with Crippen LogP contribution in [0.25, 0.3) is 16.3 Å². The largest absolute Gasteiger partial charge is 0.417 e. The molecule has 0 radical (unpaired) electrons. The van der Waals surface area contributed by atoms with Crippen LogP contribution in [-0.2, 0) is 32.0 Å². The van der Waals surface area contributed by atoms with Gasteiger partial charge in [0.25, 0.3) is 0 Å². The number of pyridine rings is 1. The smallest absolute Gasteiger partial charge is 0.360 e. The summed E-state index contributed by atoms with van der Waals surface area (Å²) in [4.78, 5) is 8.39. The minimum atomic E-state index is -4.71. The third-order valence-corrected chi connectivity index (χ3v) is 7.62. The van der Waals surface area contributed by atoms with E-state index in [4.69, 9.17) is 16.7 Å². The summed E-state index contributed by atoms with van der Waals surface area (Å²) in [6.45, 7) is 8.88. The molecule has 5 rings (SSSR count). The van der Waals surface area contributed by atoms with Gasteiger partial charge >= 0.3 is 6.18 Å². The lowest BCUT2D eigenvalue weighted by Crippen LogP contribution is -2.32. The summed E-state index contributed by atoms with van der Waals surface area (Å²) in [5, 5.41) is 4.86. The quantitative estimate of drug-likeness (QED) is 0.223. The number of halogens is 6. The van der Waals surface area contributed by atoms with E-state index in [-0.39, 0.29) is 17.4 Å². The van der Waals surface area contributed by atoms with E-state index in [9.17, 15) is 22.0 Å². The topological polar surface area (TPSA) is 49.7 Å². The number of nitrogens with one attached hydrogen (secondary N) is 1. The number of H-pyrrole nitrogens is 1. The van der Waals surface area contributed by atoms with Gasteiger partial charge in [-0.3, -0.25) is 0 Å². The molecule has 0 amide bonds. The minimum Gasteiger partial charge on any atom is -0.360 e. The number of aromatic amines is 1. The highest BCUT2D eigenvalue weighted by Crippen LogP contribution is 2.39. The molecule has 11 heteroatoms. The molecule has 1 aliphatic heterocycles. The van der Waals surface area contributed by atoms with Crippen LogP contribution in [0.2, 0.25) is 0 Å². The van der Waals surface area contributed by atoms with E-state index in [0.29, 0.717) is 54.1 Å². The molecule has 4 heterocycles. The molecular weight excluding hydrogens is 561 g/mol. The summed E-state index contributed by atoms with van der Waals surface area (Å²) in [6.07, 6.45) is -0.290. The number of aromatic nitrogens is 4. The van der Waals surface area contributed by atoms with Crippen LogP contribution in [-0.4, -0.2) is 26.3 Å². The van der Waals surface area contributed by atoms with Crippen molar-refractivity contribution in [3.8, 4) is 5.69 Å². The molecule has 0 bridgehead atoms. The van der Waals surface area contributed by atoms with Gasteiger partial charge in [0.15, 0.2) is 11.6 Å². The van der Waals surface area contributed by atoms with E-state index in [1.54, 1.807) is 17.2 Å². The summed E-state index contributed by atoms with van der Waals surface area (Å²) in [5.74, 6) is -1.24. The molecule has 0 unspecified atom stereocenters. The molecular formula is C30H27ClF5N5. The zero-order chi connectivity index (χ0) is 29.5. The molecule has 0 atom stereocenters. The molecule has 0 fully saturated rings. The Labute approximate surface area is 239 Å². The fraction of sp³-hybridized carbons (Fsp3) is 0.267.